The van der Waals surface area contributed by atoms with Gasteiger partial charge in [-0.2, -0.15) is 5.26 Å². The van der Waals surface area contributed by atoms with E-state index in [1.807, 2.05) is 6.07 Å². The third-order valence-electron chi connectivity index (χ3n) is 3.25. The van der Waals surface area contributed by atoms with Gasteiger partial charge in [0.1, 0.15) is 11.9 Å². The summed E-state index contributed by atoms with van der Waals surface area (Å²) < 4.78 is 13.0. The molecule has 0 aliphatic heterocycles. The van der Waals surface area contributed by atoms with Crippen LogP contribution in [0.25, 0.3) is 0 Å². The molecule has 0 fully saturated rings. The van der Waals surface area contributed by atoms with Crippen LogP contribution in [0.2, 0.25) is 0 Å². The van der Waals surface area contributed by atoms with E-state index in [9.17, 15) is 4.39 Å². The van der Waals surface area contributed by atoms with Gasteiger partial charge in [-0.3, -0.25) is 0 Å². The molecule has 1 aliphatic carbocycles. The fourth-order valence-corrected chi connectivity index (χ4v) is 2.25. The Morgan fingerprint density at radius 1 is 1.33 bits per heavy atom. The summed E-state index contributed by atoms with van der Waals surface area (Å²) in [6.45, 7) is 0.798. The van der Waals surface area contributed by atoms with Crippen LogP contribution in [-0.4, -0.2) is 6.54 Å². The van der Waals surface area contributed by atoms with Crippen molar-refractivity contribution in [2.75, 3.05) is 11.9 Å². The quantitative estimate of drug-likeness (QED) is 0.812. The molecule has 0 saturated carbocycles. The molecule has 1 aliphatic rings. The number of halogens is 1. The highest BCUT2D eigenvalue weighted by Gasteiger charge is 2.05. The van der Waals surface area contributed by atoms with Crippen LogP contribution in [0.4, 0.5) is 10.1 Å². The molecule has 3 heteroatoms. The molecule has 0 bridgehead atoms. The average Bonchev–Trinajstić information content (AvgIpc) is 2.41. The van der Waals surface area contributed by atoms with Crippen LogP contribution in [-0.2, 0) is 0 Å². The molecule has 0 unspecified atom stereocenters. The average molecular weight is 244 g/mol. The van der Waals surface area contributed by atoms with Crippen LogP contribution in [0.15, 0.2) is 29.8 Å². The molecule has 0 amide bonds. The highest BCUT2D eigenvalue weighted by Crippen LogP contribution is 2.21. The lowest BCUT2D eigenvalue weighted by Crippen LogP contribution is -2.05. The predicted molar refractivity (Wildman–Crippen MR) is 70.8 cm³/mol. The van der Waals surface area contributed by atoms with Crippen molar-refractivity contribution >= 4 is 5.69 Å². The molecule has 0 radical (unpaired) electrons. The number of benzene rings is 1. The minimum atomic E-state index is -0.368. The standard InChI is InChI=1S/C15H17FN2/c16-14-6-7-15(13(10-14)11-17)18-9-8-12-4-2-1-3-5-12/h4,6-7,10,18H,1-3,5,8-9H2. The first-order chi connectivity index (χ1) is 8.79. The third kappa shape index (κ3) is 3.33. The first kappa shape index (κ1) is 12.6. The summed E-state index contributed by atoms with van der Waals surface area (Å²) in [5, 5.41) is 12.1. The number of anilines is 1. The van der Waals surface area contributed by atoms with Gasteiger partial charge in [-0.1, -0.05) is 11.6 Å². The second-order valence-corrected chi connectivity index (χ2v) is 4.59. The second kappa shape index (κ2) is 6.20. The summed E-state index contributed by atoms with van der Waals surface area (Å²) in [6, 6.07) is 6.28. The Bertz CT molecular complexity index is 486. The van der Waals surface area contributed by atoms with Crippen LogP contribution < -0.4 is 5.32 Å². The van der Waals surface area contributed by atoms with Gasteiger partial charge in [0.05, 0.1) is 11.3 Å². The SMILES string of the molecule is N#Cc1cc(F)ccc1NCCC1=CCCCC1. The molecule has 2 nitrogen and oxygen atoms in total. The van der Waals surface area contributed by atoms with E-state index in [2.05, 4.69) is 11.4 Å². The zero-order chi connectivity index (χ0) is 12.8. The maximum atomic E-state index is 13.0. The van der Waals surface area contributed by atoms with E-state index in [4.69, 9.17) is 5.26 Å². The van der Waals surface area contributed by atoms with Crippen molar-refractivity contribution in [2.45, 2.75) is 32.1 Å². The highest BCUT2D eigenvalue weighted by molar-refractivity contribution is 5.57. The molecule has 1 aromatic carbocycles. The minimum Gasteiger partial charge on any atom is -0.384 e. The molecular formula is C15H17FN2. The molecule has 94 valence electrons. The Kier molecular flexibility index (Phi) is 4.35. The van der Waals surface area contributed by atoms with Crippen molar-refractivity contribution in [3.05, 3.63) is 41.2 Å². The van der Waals surface area contributed by atoms with Crippen molar-refractivity contribution < 1.29 is 4.39 Å². The highest BCUT2D eigenvalue weighted by atomic mass is 19.1. The molecule has 0 aromatic heterocycles. The maximum Gasteiger partial charge on any atom is 0.124 e. The molecular weight excluding hydrogens is 227 g/mol. The fraction of sp³-hybridized carbons (Fsp3) is 0.400. The van der Waals surface area contributed by atoms with E-state index in [1.54, 1.807) is 6.07 Å². The van der Waals surface area contributed by atoms with Crippen LogP contribution in [0.3, 0.4) is 0 Å². The van der Waals surface area contributed by atoms with Crippen LogP contribution in [0.5, 0.6) is 0 Å². The Morgan fingerprint density at radius 3 is 2.94 bits per heavy atom. The van der Waals surface area contributed by atoms with E-state index in [0.717, 1.165) is 18.7 Å². The van der Waals surface area contributed by atoms with Gasteiger partial charge in [-0.25, -0.2) is 4.39 Å². The molecule has 18 heavy (non-hydrogen) atoms. The summed E-state index contributed by atoms with van der Waals surface area (Å²) in [4.78, 5) is 0. The zero-order valence-corrected chi connectivity index (χ0v) is 10.4. The summed E-state index contributed by atoms with van der Waals surface area (Å²) in [5.41, 5.74) is 2.58. The minimum absolute atomic E-state index is 0.368. The van der Waals surface area contributed by atoms with Gasteiger partial charge < -0.3 is 5.32 Å². The molecule has 1 aromatic rings. The van der Waals surface area contributed by atoms with Gasteiger partial charge in [0, 0.05) is 6.54 Å². The Hall–Kier alpha value is -1.82. The number of hydrogen-bond donors (Lipinski definition) is 1. The first-order valence-electron chi connectivity index (χ1n) is 6.41. The van der Waals surface area contributed by atoms with Crippen molar-refractivity contribution in [1.29, 1.82) is 5.26 Å². The Morgan fingerprint density at radius 2 is 2.22 bits per heavy atom. The number of nitrogens with one attached hydrogen (secondary N) is 1. The van der Waals surface area contributed by atoms with E-state index in [-0.39, 0.29) is 5.82 Å². The second-order valence-electron chi connectivity index (χ2n) is 4.59. The summed E-state index contributed by atoms with van der Waals surface area (Å²) in [5.74, 6) is -0.368. The van der Waals surface area contributed by atoms with Crippen molar-refractivity contribution in [3.63, 3.8) is 0 Å². The van der Waals surface area contributed by atoms with Gasteiger partial charge in [0.2, 0.25) is 0 Å². The van der Waals surface area contributed by atoms with Gasteiger partial charge in [-0.15, -0.1) is 0 Å². The van der Waals surface area contributed by atoms with Crippen molar-refractivity contribution in [2.24, 2.45) is 0 Å². The molecule has 0 atom stereocenters. The van der Waals surface area contributed by atoms with Gasteiger partial charge in [0.15, 0.2) is 0 Å². The molecule has 0 saturated heterocycles. The fourth-order valence-electron chi connectivity index (χ4n) is 2.25. The maximum absolute atomic E-state index is 13.0. The first-order valence-corrected chi connectivity index (χ1v) is 6.41. The van der Waals surface area contributed by atoms with Crippen LogP contribution in [0.1, 0.15) is 37.7 Å². The van der Waals surface area contributed by atoms with Crippen molar-refractivity contribution in [3.8, 4) is 6.07 Å². The molecule has 2 rings (SSSR count). The topological polar surface area (TPSA) is 35.8 Å². The van der Waals surface area contributed by atoms with Crippen molar-refractivity contribution in [1.82, 2.24) is 0 Å². The number of nitriles is 1. The van der Waals surface area contributed by atoms with Gasteiger partial charge in [0.25, 0.3) is 0 Å². The van der Waals surface area contributed by atoms with Crippen LogP contribution in [0, 0.1) is 17.1 Å². The molecule has 0 spiro atoms. The normalized spacial score (nSPS) is 14.8. The predicted octanol–water partition coefficient (Wildman–Crippen LogP) is 4.00. The summed E-state index contributed by atoms with van der Waals surface area (Å²) in [6.07, 6.45) is 8.29. The number of allylic oxidation sites excluding steroid dienone is 1. The van der Waals surface area contributed by atoms with E-state index >= 15 is 0 Å². The number of hydrogen-bond acceptors (Lipinski definition) is 2. The zero-order valence-electron chi connectivity index (χ0n) is 10.4. The lowest BCUT2D eigenvalue weighted by atomic mass is 9.97. The Labute approximate surface area is 107 Å². The van der Waals surface area contributed by atoms with E-state index in [0.29, 0.717) is 5.56 Å². The molecule has 0 heterocycles. The lowest BCUT2D eigenvalue weighted by molar-refractivity contribution is 0.627. The third-order valence-corrected chi connectivity index (χ3v) is 3.25. The number of nitrogens with zero attached hydrogens (tertiary/aromatic N) is 1. The number of rotatable bonds is 4. The van der Waals surface area contributed by atoms with Gasteiger partial charge in [-0.05, 0) is 50.3 Å². The smallest absolute Gasteiger partial charge is 0.124 e. The van der Waals surface area contributed by atoms with E-state index < -0.39 is 0 Å². The lowest BCUT2D eigenvalue weighted by Gasteiger charge is -2.14. The monoisotopic (exact) mass is 244 g/mol. The largest absolute Gasteiger partial charge is 0.384 e. The van der Waals surface area contributed by atoms with E-state index in [1.165, 1.54) is 43.4 Å². The molecule has 1 N–H and O–H groups in total. The summed E-state index contributed by atoms with van der Waals surface area (Å²) in [7, 11) is 0. The van der Waals surface area contributed by atoms with Gasteiger partial charge >= 0.3 is 0 Å². The Balaban J connectivity index is 1.90. The van der Waals surface area contributed by atoms with Crippen LogP contribution >= 0.6 is 0 Å². The summed E-state index contributed by atoms with van der Waals surface area (Å²) >= 11 is 0.